The molecule has 0 aliphatic carbocycles. The molecule has 0 saturated carbocycles. The highest BCUT2D eigenvalue weighted by Gasteiger charge is 2.23. The van der Waals surface area contributed by atoms with Crippen molar-refractivity contribution in [1.82, 2.24) is 5.32 Å². The van der Waals surface area contributed by atoms with Crippen molar-refractivity contribution in [3.8, 4) is 0 Å². The molecule has 1 aromatic carbocycles. The van der Waals surface area contributed by atoms with Gasteiger partial charge in [-0.1, -0.05) is 24.6 Å². The summed E-state index contributed by atoms with van der Waals surface area (Å²) in [5, 5.41) is 4.23. The van der Waals surface area contributed by atoms with E-state index in [0.717, 1.165) is 30.2 Å². The van der Waals surface area contributed by atoms with E-state index in [0.29, 0.717) is 0 Å². The Kier molecular flexibility index (Phi) is 5.30. The zero-order chi connectivity index (χ0) is 14.7. The van der Waals surface area contributed by atoms with Crippen molar-refractivity contribution in [2.75, 3.05) is 24.5 Å². The van der Waals surface area contributed by atoms with E-state index in [9.17, 15) is 0 Å². The molecule has 0 spiro atoms. The van der Waals surface area contributed by atoms with Crippen LogP contribution in [-0.4, -0.2) is 31.8 Å². The maximum absolute atomic E-state index is 6.45. The standard InChI is InChI=1S/C16H25ClN2O/c1-5-18-13(4)15-7-6-14(8-16(15)17)19-9-11(2)20-12(3)10-19/h6-8,11-13,18H,5,9-10H2,1-4H3. The molecule has 112 valence electrons. The van der Waals surface area contributed by atoms with Crippen molar-refractivity contribution in [3.63, 3.8) is 0 Å². The van der Waals surface area contributed by atoms with Gasteiger partial charge in [-0.05, 0) is 45.0 Å². The summed E-state index contributed by atoms with van der Waals surface area (Å²) in [6.45, 7) is 11.3. The van der Waals surface area contributed by atoms with Crippen molar-refractivity contribution < 1.29 is 4.74 Å². The van der Waals surface area contributed by atoms with Gasteiger partial charge in [-0.3, -0.25) is 0 Å². The van der Waals surface area contributed by atoms with Crippen molar-refractivity contribution in [2.24, 2.45) is 0 Å². The van der Waals surface area contributed by atoms with Crippen LogP contribution >= 0.6 is 11.6 Å². The lowest BCUT2D eigenvalue weighted by Crippen LogP contribution is -2.45. The van der Waals surface area contributed by atoms with Gasteiger partial charge < -0.3 is 15.0 Å². The summed E-state index contributed by atoms with van der Waals surface area (Å²) in [7, 11) is 0. The van der Waals surface area contributed by atoms with Gasteiger partial charge in [0, 0.05) is 29.8 Å². The van der Waals surface area contributed by atoms with Crippen LogP contribution in [0.5, 0.6) is 0 Å². The summed E-state index contributed by atoms with van der Waals surface area (Å²) in [5.41, 5.74) is 2.34. The van der Waals surface area contributed by atoms with Gasteiger partial charge in [0.25, 0.3) is 0 Å². The van der Waals surface area contributed by atoms with Crippen molar-refractivity contribution in [2.45, 2.75) is 45.9 Å². The highest BCUT2D eigenvalue weighted by Crippen LogP contribution is 2.29. The van der Waals surface area contributed by atoms with Crippen LogP contribution in [0.4, 0.5) is 5.69 Å². The average Bonchev–Trinajstić information content (AvgIpc) is 2.37. The molecule has 0 amide bonds. The van der Waals surface area contributed by atoms with Crippen LogP contribution in [0.25, 0.3) is 0 Å². The summed E-state index contributed by atoms with van der Waals surface area (Å²) >= 11 is 6.45. The largest absolute Gasteiger partial charge is 0.372 e. The van der Waals surface area contributed by atoms with E-state index in [1.54, 1.807) is 0 Å². The van der Waals surface area contributed by atoms with Crippen LogP contribution in [0.3, 0.4) is 0 Å². The molecular formula is C16H25ClN2O. The van der Waals surface area contributed by atoms with Crippen LogP contribution in [0.2, 0.25) is 5.02 Å². The Hall–Kier alpha value is -0.770. The Morgan fingerprint density at radius 2 is 2.00 bits per heavy atom. The molecule has 0 radical (unpaired) electrons. The Morgan fingerprint density at radius 3 is 2.55 bits per heavy atom. The number of rotatable bonds is 4. The second-order valence-corrected chi connectivity index (χ2v) is 6.05. The summed E-state index contributed by atoms with van der Waals surface area (Å²) in [6.07, 6.45) is 0.524. The number of anilines is 1. The molecule has 1 saturated heterocycles. The molecule has 1 aliphatic heterocycles. The van der Waals surface area contributed by atoms with Gasteiger partial charge in [-0.25, -0.2) is 0 Å². The van der Waals surface area contributed by atoms with Gasteiger partial charge in [0.15, 0.2) is 0 Å². The number of nitrogens with one attached hydrogen (secondary N) is 1. The Morgan fingerprint density at radius 1 is 1.35 bits per heavy atom. The first-order valence-electron chi connectivity index (χ1n) is 7.44. The van der Waals surface area contributed by atoms with Gasteiger partial charge >= 0.3 is 0 Å². The predicted molar refractivity (Wildman–Crippen MR) is 85.8 cm³/mol. The van der Waals surface area contributed by atoms with Crippen LogP contribution in [0.15, 0.2) is 18.2 Å². The predicted octanol–water partition coefficient (Wildman–Crippen LogP) is 3.62. The van der Waals surface area contributed by atoms with E-state index in [-0.39, 0.29) is 18.2 Å². The average molecular weight is 297 g/mol. The van der Waals surface area contributed by atoms with Gasteiger partial charge in [-0.15, -0.1) is 0 Å². The molecule has 1 aliphatic rings. The third-order valence-electron chi connectivity index (χ3n) is 3.75. The summed E-state index contributed by atoms with van der Waals surface area (Å²) in [6, 6.07) is 6.66. The molecule has 0 aromatic heterocycles. The van der Waals surface area contributed by atoms with Crippen molar-refractivity contribution in [3.05, 3.63) is 28.8 Å². The summed E-state index contributed by atoms with van der Waals surface area (Å²) < 4.78 is 5.78. The molecule has 1 N–H and O–H groups in total. The van der Waals surface area contributed by atoms with Crippen LogP contribution in [0, 0.1) is 0 Å². The maximum atomic E-state index is 6.45. The number of halogens is 1. The highest BCUT2D eigenvalue weighted by molar-refractivity contribution is 6.31. The normalized spacial score (nSPS) is 24.8. The number of ether oxygens (including phenoxy) is 1. The van der Waals surface area contributed by atoms with Gasteiger partial charge in [-0.2, -0.15) is 0 Å². The number of hydrogen-bond acceptors (Lipinski definition) is 3. The first-order chi connectivity index (χ1) is 9.51. The second-order valence-electron chi connectivity index (χ2n) is 5.65. The lowest BCUT2D eigenvalue weighted by atomic mass is 10.1. The molecule has 3 nitrogen and oxygen atoms in total. The molecule has 3 atom stereocenters. The number of benzene rings is 1. The Labute approximate surface area is 127 Å². The van der Waals surface area contributed by atoms with E-state index < -0.39 is 0 Å². The minimum Gasteiger partial charge on any atom is -0.372 e. The fraction of sp³-hybridized carbons (Fsp3) is 0.625. The van der Waals surface area contributed by atoms with Crippen molar-refractivity contribution >= 4 is 17.3 Å². The molecule has 1 aromatic rings. The quantitative estimate of drug-likeness (QED) is 0.918. The number of nitrogens with zero attached hydrogens (tertiary/aromatic N) is 1. The fourth-order valence-electron chi connectivity index (χ4n) is 2.87. The van der Waals surface area contributed by atoms with Crippen LogP contribution < -0.4 is 10.2 Å². The minimum absolute atomic E-state index is 0.262. The Bertz CT molecular complexity index is 442. The summed E-state index contributed by atoms with van der Waals surface area (Å²) in [5.74, 6) is 0. The van der Waals surface area contributed by atoms with Gasteiger partial charge in [0.2, 0.25) is 0 Å². The molecule has 0 bridgehead atoms. The molecule has 2 rings (SSSR count). The lowest BCUT2D eigenvalue weighted by Gasteiger charge is -2.37. The zero-order valence-electron chi connectivity index (χ0n) is 12.8. The van der Waals surface area contributed by atoms with Crippen LogP contribution in [-0.2, 0) is 4.74 Å². The minimum atomic E-state index is 0.262. The first kappa shape index (κ1) is 15.6. The number of hydrogen-bond donors (Lipinski definition) is 1. The van der Waals surface area contributed by atoms with Gasteiger partial charge in [0.05, 0.1) is 12.2 Å². The van der Waals surface area contributed by atoms with Gasteiger partial charge in [0.1, 0.15) is 0 Å². The van der Waals surface area contributed by atoms with E-state index in [1.807, 2.05) is 0 Å². The molecule has 3 unspecified atom stereocenters. The first-order valence-corrected chi connectivity index (χ1v) is 7.82. The highest BCUT2D eigenvalue weighted by atomic mass is 35.5. The molecule has 4 heteroatoms. The van der Waals surface area contributed by atoms with E-state index in [4.69, 9.17) is 16.3 Å². The second kappa shape index (κ2) is 6.79. The van der Waals surface area contributed by atoms with E-state index in [1.165, 1.54) is 5.69 Å². The lowest BCUT2D eigenvalue weighted by molar-refractivity contribution is -0.00521. The van der Waals surface area contributed by atoms with Crippen molar-refractivity contribution in [1.29, 1.82) is 0 Å². The topological polar surface area (TPSA) is 24.5 Å². The summed E-state index contributed by atoms with van der Waals surface area (Å²) in [4.78, 5) is 2.35. The SMILES string of the molecule is CCNC(C)c1ccc(N2CC(C)OC(C)C2)cc1Cl. The monoisotopic (exact) mass is 296 g/mol. The fourth-order valence-corrected chi connectivity index (χ4v) is 3.21. The molecular weight excluding hydrogens is 272 g/mol. The third kappa shape index (κ3) is 3.66. The molecule has 1 fully saturated rings. The Balaban J connectivity index is 2.16. The van der Waals surface area contributed by atoms with E-state index >= 15 is 0 Å². The zero-order valence-corrected chi connectivity index (χ0v) is 13.6. The van der Waals surface area contributed by atoms with Crippen LogP contribution in [0.1, 0.15) is 39.3 Å². The number of morpholine rings is 1. The molecule has 1 heterocycles. The third-order valence-corrected chi connectivity index (χ3v) is 4.07. The smallest absolute Gasteiger partial charge is 0.0726 e. The van der Waals surface area contributed by atoms with E-state index in [2.05, 4.69) is 56.1 Å². The molecule has 20 heavy (non-hydrogen) atoms. The maximum Gasteiger partial charge on any atom is 0.0726 e.